The molecule has 2 atom stereocenters. The SMILES string of the molecule is COc1cccc(CC(C)NC(=O)NCc2cccc(CN3CCCC(C(N)=O)C3)c2)c1. The Kier molecular flexibility index (Phi) is 8.50. The Morgan fingerprint density at radius 2 is 1.91 bits per heavy atom. The van der Waals surface area contributed by atoms with E-state index in [1.807, 2.05) is 43.3 Å². The van der Waals surface area contributed by atoms with Crippen molar-refractivity contribution in [1.29, 1.82) is 0 Å². The molecule has 3 rings (SSSR count). The first-order valence-corrected chi connectivity index (χ1v) is 11.2. The molecule has 0 aromatic heterocycles. The summed E-state index contributed by atoms with van der Waals surface area (Å²) in [5.41, 5.74) is 8.81. The maximum Gasteiger partial charge on any atom is 0.315 e. The van der Waals surface area contributed by atoms with Crippen LogP contribution in [0.25, 0.3) is 0 Å². The van der Waals surface area contributed by atoms with Crippen molar-refractivity contribution >= 4 is 11.9 Å². The number of urea groups is 1. The van der Waals surface area contributed by atoms with Crippen molar-refractivity contribution in [1.82, 2.24) is 15.5 Å². The van der Waals surface area contributed by atoms with E-state index in [-0.39, 0.29) is 23.9 Å². The molecule has 1 aliphatic rings. The number of nitrogens with zero attached hydrogens (tertiary/aromatic N) is 1. The first-order chi connectivity index (χ1) is 15.4. The zero-order valence-electron chi connectivity index (χ0n) is 19.0. The summed E-state index contributed by atoms with van der Waals surface area (Å²) < 4.78 is 5.26. The zero-order chi connectivity index (χ0) is 22.9. The van der Waals surface area contributed by atoms with Gasteiger partial charge in [0, 0.05) is 25.7 Å². The summed E-state index contributed by atoms with van der Waals surface area (Å²) in [6.07, 6.45) is 2.59. The molecular formula is C25H34N4O3. The van der Waals surface area contributed by atoms with Crippen molar-refractivity contribution in [2.45, 2.75) is 45.3 Å². The van der Waals surface area contributed by atoms with Crippen LogP contribution in [-0.4, -0.2) is 43.1 Å². The third-order valence-electron chi connectivity index (χ3n) is 5.81. The number of amides is 3. The smallest absolute Gasteiger partial charge is 0.315 e. The van der Waals surface area contributed by atoms with Gasteiger partial charge in [0.05, 0.1) is 13.0 Å². The predicted octanol–water partition coefficient (Wildman–Crippen LogP) is 2.82. The van der Waals surface area contributed by atoms with E-state index in [4.69, 9.17) is 10.5 Å². The second kappa shape index (κ2) is 11.5. The average molecular weight is 439 g/mol. The molecule has 4 N–H and O–H groups in total. The second-order valence-corrected chi connectivity index (χ2v) is 8.58. The standard InChI is InChI=1S/C25H34N4O3/c1-18(12-19-6-4-10-23(14-19)32-2)28-25(31)27-15-20-7-3-8-21(13-20)16-29-11-5-9-22(17-29)24(26)30/h3-4,6-8,10,13-14,18,22H,5,9,11-12,15-17H2,1-2H3,(H2,26,30)(H2,27,28,31). The fraction of sp³-hybridized carbons (Fsp3) is 0.440. The Hall–Kier alpha value is -3.06. The lowest BCUT2D eigenvalue weighted by molar-refractivity contribution is -0.123. The molecule has 1 saturated heterocycles. The summed E-state index contributed by atoms with van der Waals surface area (Å²) in [5.74, 6) is 0.546. The van der Waals surface area contributed by atoms with Crippen LogP contribution in [0.2, 0.25) is 0 Å². The Morgan fingerprint density at radius 3 is 2.69 bits per heavy atom. The van der Waals surface area contributed by atoms with Crippen molar-refractivity contribution < 1.29 is 14.3 Å². The molecule has 2 unspecified atom stereocenters. The van der Waals surface area contributed by atoms with Crippen LogP contribution in [0.15, 0.2) is 48.5 Å². The van der Waals surface area contributed by atoms with Crippen LogP contribution >= 0.6 is 0 Å². The Morgan fingerprint density at radius 1 is 1.16 bits per heavy atom. The van der Waals surface area contributed by atoms with E-state index >= 15 is 0 Å². The third-order valence-corrected chi connectivity index (χ3v) is 5.81. The van der Waals surface area contributed by atoms with Crippen LogP contribution in [0.1, 0.15) is 36.5 Å². The molecule has 0 aliphatic carbocycles. The van der Waals surface area contributed by atoms with Crippen LogP contribution in [0.4, 0.5) is 4.79 Å². The van der Waals surface area contributed by atoms with Gasteiger partial charge >= 0.3 is 6.03 Å². The minimum atomic E-state index is -0.209. The van der Waals surface area contributed by atoms with Gasteiger partial charge in [-0.2, -0.15) is 0 Å². The highest BCUT2D eigenvalue weighted by Gasteiger charge is 2.23. The average Bonchev–Trinajstić information content (AvgIpc) is 2.78. The monoisotopic (exact) mass is 438 g/mol. The number of rotatable bonds is 9. The molecule has 7 heteroatoms. The van der Waals surface area contributed by atoms with E-state index in [1.54, 1.807) is 7.11 Å². The molecule has 1 aliphatic heterocycles. The van der Waals surface area contributed by atoms with E-state index < -0.39 is 0 Å². The molecule has 1 fully saturated rings. The van der Waals surface area contributed by atoms with E-state index in [0.717, 1.165) is 49.2 Å². The van der Waals surface area contributed by atoms with Gasteiger partial charge in [-0.25, -0.2) is 4.79 Å². The summed E-state index contributed by atoms with van der Waals surface area (Å²) in [6, 6.07) is 15.9. The minimum absolute atomic E-state index is 0.00857. The van der Waals surface area contributed by atoms with Gasteiger partial charge in [0.15, 0.2) is 0 Å². The van der Waals surface area contributed by atoms with Crippen molar-refractivity contribution in [2.75, 3.05) is 20.2 Å². The van der Waals surface area contributed by atoms with E-state index in [9.17, 15) is 9.59 Å². The van der Waals surface area contributed by atoms with Gasteiger partial charge < -0.3 is 21.1 Å². The van der Waals surface area contributed by atoms with Crippen LogP contribution in [0.3, 0.4) is 0 Å². The number of nitrogens with one attached hydrogen (secondary N) is 2. The van der Waals surface area contributed by atoms with Crippen LogP contribution < -0.4 is 21.1 Å². The van der Waals surface area contributed by atoms with Crippen molar-refractivity contribution in [3.63, 3.8) is 0 Å². The Labute approximate surface area is 190 Å². The van der Waals surface area contributed by atoms with Gasteiger partial charge in [-0.05, 0) is 61.6 Å². The molecule has 7 nitrogen and oxygen atoms in total. The summed E-state index contributed by atoms with van der Waals surface area (Å²) in [4.78, 5) is 26.1. The topological polar surface area (TPSA) is 96.7 Å². The number of carbonyl (C=O) groups is 2. The highest BCUT2D eigenvalue weighted by molar-refractivity contribution is 5.77. The van der Waals surface area contributed by atoms with Gasteiger partial charge in [0.2, 0.25) is 5.91 Å². The number of likely N-dealkylation sites (tertiary alicyclic amines) is 1. The lowest BCUT2D eigenvalue weighted by Gasteiger charge is -2.31. The first-order valence-electron chi connectivity index (χ1n) is 11.2. The maximum atomic E-state index is 12.3. The number of nitrogens with two attached hydrogens (primary N) is 1. The molecule has 0 spiro atoms. The number of hydrogen-bond donors (Lipinski definition) is 3. The highest BCUT2D eigenvalue weighted by Crippen LogP contribution is 2.19. The molecule has 172 valence electrons. The van der Waals surface area contributed by atoms with Crippen molar-refractivity contribution in [3.05, 3.63) is 65.2 Å². The fourth-order valence-corrected chi connectivity index (χ4v) is 4.19. The predicted molar refractivity (Wildman–Crippen MR) is 125 cm³/mol. The lowest BCUT2D eigenvalue weighted by Crippen LogP contribution is -2.41. The van der Waals surface area contributed by atoms with Gasteiger partial charge in [0.25, 0.3) is 0 Å². The Balaban J connectivity index is 1.45. The number of primary amides is 1. The second-order valence-electron chi connectivity index (χ2n) is 8.58. The van der Waals surface area contributed by atoms with Gasteiger partial charge in [-0.3, -0.25) is 9.69 Å². The Bertz CT molecular complexity index is 918. The number of hydrogen-bond acceptors (Lipinski definition) is 4. The number of carbonyl (C=O) groups excluding carboxylic acids is 2. The third kappa shape index (κ3) is 7.27. The molecule has 0 saturated carbocycles. The first kappa shape index (κ1) is 23.6. The normalized spacial score (nSPS) is 17.4. The van der Waals surface area contributed by atoms with Crippen LogP contribution in [0.5, 0.6) is 5.75 Å². The number of benzene rings is 2. The summed E-state index contributed by atoms with van der Waals surface area (Å²) >= 11 is 0. The molecule has 2 aromatic rings. The molecule has 1 heterocycles. The van der Waals surface area contributed by atoms with E-state index in [0.29, 0.717) is 13.1 Å². The molecule has 0 bridgehead atoms. The van der Waals surface area contributed by atoms with Gasteiger partial charge in [0.1, 0.15) is 5.75 Å². The lowest BCUT2D eigenvalue weighted by atomic mass is 9.97. The number of methoxy groups -OCH3 is 1. The molecular weight excluding hydrogens is 404 g/mol. The van der Waals surface area contributed by atoms with Crippen molar-refractivity contribution in [3.8, 4) is 5.75 Å². The van der Waals surface area contributed by atoms with Gasteiger partial charge in [-0.1, -0.05) is 36.4 Å². The fourth-order valence-electron chi connectivity index (χ4n) is 4.19. The van der Waals surface area contributed by atoms with Crippen molar-refractivity contribution in [2.24, 2.45) is 11.7 Å². The zero-order valence-corrected chi connectivity index (χ0v) is 19.0. The van der Waals surface area contributed by atoms with E-state index in [2.05, 4.69) is 27.7 Å². The summed E-state index contributed by atoms with van der Waals surface area (Å²) in [6.45, 7) is 4.90. The number of ether oxygens (including phenoxy) is 1. The molecule has 0 radical (unpaired) electrons. The summed E-state index contributed by atoms with van der Waals surface area (Å²) in [5, 5.41) is 5.93. The van der Waals surface area contributed by atoms with Crippen LogP contribution in [0, 0.1) is 5.92 Å². The van der Waals surface area contributed by atoms with E-state index in [1.165, 1.54) is 5.56 Å². The number of piperidine rings is 1. The summed E-state index contributed by atoms with van der Waals surface area (Å²) in [7, 11) is 1.65. The molecule has 32 heavy (non-hydrogen) atoms. The van der Waals surface area contributed by atoms with Crippen LogP contribution in [-0.2, 0) is 24.3 Å². The largest absolute Gasteiger partial charge is 0.497 e. The van der Waals surface area contributed by atoms with Gasteiger partial charge in [-0.15, -0.1) is 0 Å². The molecule has 2 aromatic carbocycles. The maximum absolute atomic E-state index is 12.3. The minimum Gasteiger partial charge on any atom is -0.497 e. The highest BCUT2D eigenvalue weighted by atomic mass is 16.5. The molecule has 3 amide bonds. The quantitative estimate of drug-likeness (QED) is 0.561.